The lowest BCUT2D eigenvalue weighted by Gasteiger charge is -2.04. The number of fused-ring (bicyclic) bond motifs is 1. The summed E-state index contributed by atoms with van der Waals surface area (Å²) in [6, 6.07) is 5.92. The Morgan fingerprint density at radius 2 is 2.37 bits per heavy atom. The summed E-state index contributed by atoms with van der Waals surface area (Å²) in [5, 5.41) is 3.12. The van der Waals surface area contributed by atoms with E-state index in [0.717, 1.165) is 39.5 Å². The average molecular weight is 291 g/mol. The van der Waals surface area contributed by atoms with Gasteiger partial charge in [0.2, 0.25) is 0 Å². The number of methoxy groups -OCH3 is 1. The van der Waals surface area contributed by atoms with Crippen LogP contribution < -0.4 is 4.74 Å². The Morgan fingerprint density at radius 3 is 3.11 bits per heavy atom. The maximum atomic E-state index is 5.38. The van der Waals surface area contributed by atoms with Gasteiger partial charge < -0.3 is 14.3 Å². The molecule has 19 heavy (non-hydrogen) atoms. The second-order valence-corrected chi connectivity index (χ2v) is 5.51. The summed E-state index contributed by atoms with van der Waals surface area (Å²) in [7, 11) is 1.67. The number of imidazole rings is 1. The number of H-pyrrole nitrogens is 1. The van der Waals surface area contributed by atoms with Crippen LogP contribution in [0.2, 0.25) is 0 Å². The van der Waals surface area contributed by atoms with Crippen molar-refractivity contribution in [1.82, 2.24) is 14.5 Å². The molecule has 2 aromatic heterocycles. The van der Waals surface area contributed by atoms with Crippen molar-refractivity contribution < 1.29 is 4.74 Å². The molecule has 3 rings (SSSR count). The van der Waals surface area contributed by atoms with E-state index in [9.17, 15) is 0 Å². The topological polar surface area (TPSA) is 42.8 Å². The Labute approximate surface area is 119 Å². The maximum absolute atomic E-state index is 5.38. The number of hydrogen-bond donors (Lipinski definition) is 1. The third kappa shape index (κ3) is 2.41. The van der Waals surface area contributed by atoms with Gasteiger partial charge in [-0.2, -0.15) is 0 Å². The van der Waals surface area contributed by atoms with E-state index in [2.05, 4.69) is 14.5 Å². The summed E-state index contributed by atoms with van der Waals surface area (Å²) >= 11 is 7.05. The van der Waals surface area contributed by atoms with Crippen molar-refractivity contribution in [3.8, 4) is 5.75 Å². The van der Waals surface area contributed by atoms with Crippen LogP contribution in [-0.2, 0) is 13.0 Å². The van der Waals surface area contributed by atoms with Gasteiger partial charge in [-0.3, -0.25) is 0 Å². The summed E-state index contributed by atoms with van der Waals surface area (Å²) < 4.78 is 8.09. The molecule has 0 aliphatic carbocycles. The van der Waals surface area contributed by atoms with Crippen LogP contribution in [0.15, 0.2) is 29.8 Å². The molecule has 3 aromatic rings. The van der Waals surface area contributed by atoms with E-state index >= 15 is 0 Å². The third-order valence-electron chi connectivity index (χ3n) is 3.02. The third-order valence-corrected chi connectivity index (χ3v) is 4.18. The van der Waals surface area contributed by atoms with Crippen LogP contribution in [0, 0.1) is 4.77 Å². The number of nitrogens with one attached hydrogen (secondary N) is 1. The Bertz CT molecular complexity index is 743. The molecule has 0 atom stereocenters. The number of aryl methyl sites for hydroxylation is 2. The molecule has 0 fully saturated rings. The van der Waals surface area contributed by atoms with Gasteiger partial charge in [-0.25, -0.2) is 4.98 Å². The molecule has 6 heteroatoms. The highest BCUT2D eigenvalue weighted by atomic mass is 32.1. The minimum Gasteiger partial charge on any atom is -0.497 e. The fraction of sp³-hybridized carbons (Fsp3) is 0.231. The van der Waals surface area contributed by atoms with E-state index in [1.807, 2.05) is 29.8 Å². The van der Waals surface area contributed by atoms with Crippen molar-refractivity contribution in [2.24, 2.45) is 0 Å². The minimum atomic E-state index is 0.736. The van der Waals surface area contributed by atoms with Crippen LogP contribution in [0.1, 0.15) is 5.01 Å². The summed E-state index contributed by atoms with van der Waals surface area (Å²) in [4.78, 5) is 7.51. The number of aromatic nitrogens is 3. The maximum Gasteiger partial charge on any atom is 0.178 e. The van der Waals surface area contributed by atoms with Crippen molar-refractivity contribution in [2.45, 2.75) is 13.0 Å². The van der Waals surface area contributed by atoms with E-state index in [0.29, 0.717) is 0 Å². The molecule has 98 valence electrons. The van der Waals surface area contributed by atoms with Crippen molar-refractivity contribution in [1.29, 1.82) is 0 Å². The SMILES string of the molecule is COc1ccc2[nH]c(=S)n(CCc3nccs3)c2c1. The zero-order valence-electron chi connectivity index (χ0n) is 10.4. The molecule has 0 aliphatic rings. The fourth-order valence-corrected chi connectivity index (χ4v) is 2.97. The lowest BCUT2D eigenvalue weighted by molar-refractivity contribution is 0.415. The Kier molecular flexibility index (Phi) is 3.35. The van der Waals surface area contributed by atoms with Gasteiger partial charge in [0, 0.05) is 30.6 Å². The second-order valence-electron chi connectivity index (χ2n) is 4.14. The van der Waals surface area contributed by atoms with Crippen LogP contribution >= 0.6 is 23.6 Å². The monoisotopic (exact) mass is 291 g/mol. The number of aromatic amines is 1. The lowest BCUT2D eigenvalue weighted by atomic mass is 10.3. The first-order chi connectivity index (χ1) is 9.28. The number of nitrogens with zero attached hydrogens (tertiary/aromatic N) is 2. The highest BCUT2D eigenvalue weighted by Crippen LogP contribution is 2.21. The normalized spacial score (nSPS) is 11.0. The predicted octanol–water partition coefficient (Wildman–Crippen LogP) is 3.41. The van der Waals surface area contributed by atoms with Crippen LogP contribution in [0.3, 0.4) is 0 Å². The van der Waals surface area contributed by atoms with E-state index < -0.39 is 0 Å². The lowest BCUT2D eigenvalue weighted by Crippen LogP contribution is -2.01. The summed E-state index contributed by atoms with van der Waals surface area (Å²) in [6.45, 7) is 0.819. The molecular formula is C13H13N3OS2. The molecule has 0 saturated carbocycles. The van der Waals surface area contributed by atoms with Gasteiger partial charge >= 0.3 is 0 Å². The van der Waals surface area contributed by atoms with Gasteiger partial charge in [-0.15, -0.1) is 11.3 Å². The van der Waals surface area contributed by atoms with Gasteiger partial charge in [-0.1, -0.05) is 0 Å². The van der Waals surface area contributed by atoms with Gasteiger partial charge in [0.1, 0.15) is 5.75 Å². The van der Waals surface area contributed by atoms with Crippen molar-refractivity contribution in [2.75, 3.05) is 7.11 Å². The number of benzene rings is 1. The van der Waals surface area contributed by atoms with Crippen molar-refractivity contribution >= 4 is 34.6 Å². The second kappa shape index (κ2) is 5.14. The van der Waals surface area contributed by atoms with Gasteiger partial charge in [0.15, 0.2) is 4.77 Å². The molecule has 0 bridgehead atoms. The fourth-order valence-electron chi connectivity index (χ4n) is 2.07. The van der Waals surface area contributed by atoms with Gasteiger partial charge in [0.05, 0.1) is 23.2 Å². The molecule has 0 saturated heterocycles. The van der Waals surface area contributed by atoms with E-state index in [4.69, 9.17) is 17.0 Å². The molecule has 0 amide bonds. The highest BCUT2D eigenvalue weighted by molar-refractivity contribution is 7.71. The first kappa shape index (κ1) is 12.4. The summed E-state index contributed by atoms with van der Waals surface area (Å²) in [6.07, 6.45) is 2.72. The minimum absolute atomic E-state index is 0.736. The molecule has 2 heterocycles. The largest absolute Gasteiger partial charge is 0.497 e. The smallest absolute Gasteiger partial charge is 0.178 e. The van der Waals surface area contributed by atoms with Gasteiger partial charge in [0.25, 0.3) is 0 Å². The Balaban J connectivity index is 1.97. The number of hydrogen-bond acceptors (Lipinski definition) is 4. The molecule has 1 aromatic carbocycles. The van der Waals surface area contributed by atoms with Crippen molar-refractivity contribution in [3.63, 3.8) is 0 Å². The highest BCUT2D eigenvalue weighted by Gasteiger charge is 2.06. The van der Waals surface area contributed by atoms with Crippen LogP contribution in [0.5, 0.6) is 5.75 Å². The molecule has 0 aliphatic heterocycles. The average Bonchev–Trinajstić information content (AvgIpc) is 3.03. The number of thiazole rings is 1. The quantitative estimate of drug-likeness (QED) is 0.749. The molecule has 1 N–H and O–H groups in total. The zero-order valence-corrected chi connectivity index (χ0v) is 12.1. The molecule has 0 unspecified atom stereocenters. The number of ether oxygens (including phenoxy) is 1. The van der Waals surface area contributed by atoms with Gasteiger partial charge in [-0.05, 0) is 24.4 Å². The van der Waals surface area contributed by atoms with E-state index in [1.165, 1.54) is 0 Å². The van der Waals surface area contributed by atoms with Crippen LogP contribution in [0.25, 0.3) is 11.0 Å². The molecule has 0 spiro atoms. The van der Waals surface area contributed by atoms with E-state index in [-0.39, 0.29) is 0 Å². The zero-order chi connectivity index (χ0) is 13.2. The molecule has 4 nitrogen and oxygen atoms in total. The standard InChI is InChI=1S/C13H13N3OS2/c1-17-9-2-3-10-11(8-9)16(13(18)15-10)6-4-12-14-5-7-19-12/h2-3,5,7-8H,4,6H2,1H3,(H,15,18). The summed E-state index contributed by atoms with van der Waals surface area (Å²) in [5.41, 5.74) is 2.10. The van der Waals surface area contributed by atoms with Crippen LogP contribution in [-0.4, -0.2) is 21.6 Å². The first-order valence-electron chi connectivity index (χ1n) is 5.93. The van der Waals surface area contributed by atoms with E-state index in [1.54, 1.807) is 18.4 Å². The summed E-state index contributed by atoms with van der Waals surface area (Å²) in [5.74, 6) is 0.837. The Morgan fingerprint density at radius 1 is 1.47 bits per heavy atom. The molecule has 0 radical (unpaired) electrons. The number of rotatable bonds is 4. The van der Waals surface area contributed by atoms with Crippen molar-refractivity contribution in [3.05, 3.63) is 39.6 Å². The van der Waals surface area contributed by atoms with Crippen LogP contribution in [0.4, 0.5) is 0 Å². The molecular weight excluding hydrogens is 278 g/mol. The predicted molar refractivity (Wildman–Crippen MR) is 79.5 cm³/mol. The first-order valence-corrected chi connectivity index (χ1v) is 7.21. The Hall–Kier alpha value is -1.66.